The summed E-state index contributed by atoms with van der Waals surface area (Å²) >= 11 is 0. The van der Waals surface area contributed by atoms with Crippen molar-refractivity contribution in [2.45, 2.75) is 71.9 Å². The molecule has 1 aliphatic heterocycles. The molecular formula is C28H38N4O5. The van der Waals surface area contributed by atoms with E-state index in [4.69, 9.17) is 14.5 Å². The highest BCUT2D eigenvalue weighted by Crippen LogP contribution is 2.28. The topological polar surface area (TPSA) is 108 Å². The third kappa shape index (κ3) is 6.29. The maximum absolute atomic E-state index is 12.4. The molecule has 0 bridgehead atoms. The van der Waals surface area contributed by atoms with Gasteiger partial charge in [0.2, 0.25) is 0 Å². The minimum atomic E-state index is -0.897. The first kappa shape index (κ1) is 27.0. The molecule has 4 rings (SSSR count). The van der Waals surface area contributed by atoms with Crippen LogP contribution in [0, 0.1) is 12.8 Å². The van der Waals surface area contributed by atoms with Gasteiger partial charge in [-0.25, -0.2) is 4.98 Å². The number of benzene rings is 1. The van der Waals surface area contributed by atoms with Gasteiger partial charge in [-0.15, -0.1) is 0 Å². The number of aromatic nitrogens is 3. The van der Waals surface area contributed by atoms with E-state index in [0.29, 0.717) is 18.0 Å². The van der Waals surface area contributed by atoms with Crippen LogP contribution in [-0.2, 0) is 34.4 Å². The number of hydrogen-bond acceptors (Lipinski definition) is 7. The number of fused-ring (bicyclic) bond motifs is 1. The lowest BCUT2D eigenvalue weighted by Gasteiger charge is -2.23. The van der Waals surface area contributed by atoms with Gasteiger partial charge in [0.1, 0.15) is 11.9 Å². The van der Waals surface area contributed by atoms with Crippen LogP contribution in [-0.4, -0.2) is 56.7 Å². The maximum atomic E-state index is 12.4. The summed E-state index contributed by atoms with van der Waals surface area (Å²) in [6.07, 6.45) is 2.82. The lowest BCUT2D eigenvalue weighted by molar-refractivity contribution is -0.152. The zero-order chi connectivity index (χ0) is 26.7. The van der Waals surface area contributed by atoms with Crippen molar-refractivity contribution in [3.05, 3.63) is 51.9 Å². The van der Waals surface area contributed by atoms with Gasteiger partial charge in [0.25, 0.3) is 5.56 Å². The van der Waals surface area contributed by atoms with Crippen molar-refractivity contribution in [3.63, 3.8) is 0 Å². The molecular weight excluding hydrogens is 472 g/mol. The van der Waals surface area contributed by atoms with Crippen LogP contribution < -0.4 is 10.9 Å². The second-order valence-electron chi connectivity index (χ2n) is 10.4. The van der Waals surface area contributed by atoms with Crippen molar-refractivity contribution in [2.75, 3.05) is 13.2 Å². The number of nitrogens with zero attached hydrogens (tertiary/aromatic N) is 3. The molecule has 0 amide bonds. The van der Waals surface area contributed by atoms with Crippen LogP contribution >= 0.6 is 0 Å². The number of imidazole rings is 1. The highest BCUT2D eigenvalue weighted by Gasteiger charge is 2.26. The molecule has 2 N–H and O–H groups in total. The van der Waals surface area contributed by atoms with Crippen LogP contribution in [0.4, 0.5) is 0 Å². The molecule has 0 saturated carbocycles. The monoisotopic (exact) mass is 510 g/mol. The van der Waals surface area contributed by atoms with Crippen molar-refractivity contribution in [3.8, 4) is 11.4 Å². The third-order valence-corrected chi connectivity index (χ3v) is 6.74. The summed E-state index contributed by atoms with van der Waals surface area (Å²) in [6.45, 7) is 9.63. The van der Waals surface area contributed by atoms with Gasteiger partial charge in [0.15, 0.2) is 0 Å². The van der Waals surface area contributed by atoms with E-state index in [1.807, 2.05) is 37.4 Å². The van der Waals surface area contributed by atoms with Gasteiger partial charge < -0.3 is 23.7 Å². The second-order valence-corrected chi connectivity index (χ2v) is 10.4. The average Bonchev–Trinajstić information content (AvgIpc) is 3.19. The molecule has 0 radical (unpaired) electrons. The number of carbonyl (C=O) groups excluding carboxylic acids is 1. The first-order valence-electron chi connectivity index (χ1n) is 13.0. The zero-order valence-corrected chi connectivity index (χ0v) is 22.4. The number of hydrogen-bond donors (Lipinski definition) is 2. The standard InChI is InChI=1S/C28H38N4O5/c1-17(2)37-28(35)25(19(4)33)29-13-20-8-9-24-23(12-20)30-26(22-11-18(3)27(34)31(5)15-22)32(24)14-21-7-6-10-36-16-21/h8-9,11-12,15,17,19,21,25,29,33H,6-7,10,13-14,16H2,1-5H3/t19?,21-,25-/m1/s1. The van der Waals surface area contributed by atoms with Gasteiger partial charge in [-0.05, 0) is 64.3 Å². The number of esters is 1. The van der Waals surface area contributed by atoms with Crippen LogP contribution in [0.1, 0.15) is 44.7 Å². The fraction of sp³-hybridized carbons (Fsp3) is 0.536. The molecule has 200 valence electrons. The molecule has 3 atom stereocenters. The number of carbonyl (C=O) groups is 1. The maximum Gasteiger partial charge on any atom is 0.326 e. The second kappa shape index (κ2) is 11.6. The predicted molar refractivity (Wildman–Crippen MR) is 142 cm³/mol. The summed E-state index contributed by atoms with van der Waals surface area (Å²) < 4.78 is 14.8. The zero-order valence-electron chi connectivity index (χ0n) is 22.4. The highest BCUT2D eigenvalue weighted by molar-refractivity contribution is 5.81. The lowest BCUT2D eigenvalue weighted by Crippen LogP contribution is -2.46. The largest absolute Gasteiger partial charge is 0.462 e. The number of nitrogens with one attached hydrogen (secondary N) is 1. The summed E-state index contributed by atoms with van der Waals surface area (Å²) in [5.74, 6) is 0.725. The molecule has 9 heteroatoms. The van der Waals surface area contributed by atoms with E-state index in [2.05, 4.69) is 9.88 Å². The Labute approximate surface area is 217 Å². The summed E-state index contributed by atoms with van der Waals surface area (Å²) in [7, 11) is 1.76. The fourth-order valence-electron chi connectivity index (χ4n) is 4.88. The van der Waals surface area contributed by atoms with Gasteiger partial charge in [-0.2, -0.15) is 0 Å². The number of pyridine rings is 1. The number of aryl methyl sites for hydroxylation is 2. The van der Waals surface area contributed by atoms with E-state index >= 15 is 0 Å². The highest BCUT2D eigenvalue weighted by atomic mass is 16.5. The summed E-state index contributed by atoms with van der Waals surface area (Å²) in [4.78, 5) is 29.7. The Morgan fingerprint density at radius 2 is 2.08 bits per heavy atom. The molecule has 0 aliphatic carbocycles. The van der Waals surface area contributed by atoms with Gasteiger partial charge in [-0.3, -0.25) is 14.9 Å². The van der Waals surface area contributed by atoms with E-state index < -0.39 is 18.1 Å². The molecule has 3 aromatic rings. The Hall–Kier alpha value is -3.01. The van der Waals surface area contributed by atoms with Crippen molar-refractivity contribution in [1.29, 1.82) is 0 Å². The Bertz CT molecular complexity index is 1280. The molecule has 0 spiro atoms. The molecule has 3 heterocycles. The van der Waals surface area contributed by atoms with Crippen LogP contribution in [0.5, 0.6) is 0 Å². The SMILES string of the molecule is Cc1cc(-c2nc3cc(CN[C@@H](C(=O)OC(C)C)C(C)O)ccc3n2C[C@H]2CCCOC2)cn(C)c1=O. The molecule has 1 fully saturated rings. The van der Waals surface area contributed by atoms with Crippen molar-refractivity contribution in [1.82, 2.24) is 19.4 Å². The molecule has 1 aliphatic rings. The Kier molecular flexibility index (Phi) is 8.46. The molecule has 2 aromatic heterocycles. The average molecular weight is 511 g/mol. The van der Waals surface area contributed by atoms with Crippen LogP contribution in [0.25, 0.3) is 22.4 Å². The Morgan fingerprint density at radius 1 is 1.30 bits per heavy atom. The Morgan fingerprint density at radius 3 is 2.73 bits per heavy atom. The molecule has 1 unspecified atom stereocenters. The number of aliphatic hydroxyl groups excluding tert-OH is 1. The summed E-state index contributed by atoms with van der Waals surface area (Å²) in [6, 6.07) is 7.12. The van der Waals surface area contributed by atoms with E-state index in [1.165, 1.54) is 0 Å². The molecule has 9 nitrogen and oxygen atoms in total. The first-order chi connectivity index (χ1) is 17.6. The van der Waals surface area contributed by atoms with E-state index in [0.717, 1.165) is 60.6 Å². The number of rotatable bonds is 9. The van der Waals surface area contributed by atoms with E-state index in [9.17, 15) is 14.7 Å². The Balaban J connectivity index is 1.67. The summed E-state index contributed by atoms with van der Waals surface area (Å²) in [5, 5.41) is 13.2. The van der Waals surface area contributed by atoms with Gasteiger partial charge in [0, 0.05) is 50.0 Å². The van der Waals surface area contributed by atoms with Crippen LogP contribution in [0.15, 0.2) is 35.3 Å². The quantitative estimate of drug-likeness (QED) is 0.426. The minimum Gasteiger partial charge on any atom is -0.462 e. The van der Waals surface area contributed by atoms with Crippen LogP contribution in [0.3, 0.4) is 0 Å². The minimum absolute atomic E-state index is 0.0240. The fourth-order valence-corrected chi connectivity index (χ4v) is 4.88. The third-order valence-electron chi connectivity index (χ3n) is 6.74. The molecule has 37 heavy (non-hydrogen) atoms. The molecule has 1 saturated heterocycles. The molecule has 1 aromatic carbocycles. The lowest BCUT2D eigenvalue weighted by atomic mass is 10.0. The normalized spacial score (nSPS) is 17.8. The van der Waals surface area contributed by atoms with Crippen molar-refractivity contribution >= 4 is 17.0 Å². The van der Waals surface area contributed by atoms with Crippen LogP contribution in [0.2, 0.25) is 0 Å². The van der Waals surface area contributed by atoms with Gasteiger partial charge in [-0.1, -0.05) is 6.07 Å². The van der Waals surface area contributed by atoms with E-state index in [1.54, 1.807) is 32.4 Å². The number of aliphatic hydroxyl groups is 1. The van der Waals surface area contributed by atoms with Gasteiger partial charge >= 0.3 is 5.97 Å². The first-order valence-corrected chi connectivity index (χ1v) is 13.0. The van der Waals surface area contributed by atoms with Gasteiger partial charge in [0.05, 0.1) is 29.8 Å². The van der Waals surface area contributed by atoms with Crippen molar-refractivity contribution < 1.29 is 19.4 Å². The van der Waals surface area contributed by atoms with E-state index in [-0.39, 0.29) is 11.7 Å². The van der Waals surface area contributed by atoms with Crippen molar-refractivity contribution in [2.24, 2.45) is 13.0 Å². The smallest absolute Gasteiger partial charge is 0.326 e. The number of ether oxygens (including phenoxy) is 2. The predicted octanol–water partition coefficient (Wildman–Crippen LogP) is 2.93. The summed E-state index contributed by atoms with van der Waals surface area (Å²) in [5.41, 5.74) is 4.30.